The number of nitrogens with zero attached hydrogens (tertiary/aromatic N) is 3. The number of anilines is 1. The number of hydrogen-bond acceptors (Lipinski definition) is 5. The molecule has 0 aromatic heterocycles. The number of piperazine rings is 1. The maximum Gasteiger partial charge on any atom is 0.239 e. The van der Waals surface area contributed by atoms with Crippen molar-refractivity contribution in [3.8, 4) is 0 Å². The lowest BCUT2D eigenvalue weighted by molar-refractivity contribution is -0.138. The van der Waals surface area contributed by atoms with Crippen LogP contribution in [0.4, 0.5) is 5.69 Å². The lowest BCUT2D eigenvalue weighted by Crippen LogP contribution is -2.56. The highest BCUT2D eigenvalue weighted by Crippen LogP contribution is 2.26. The number of para-hydroxylation sites is 1. The summed E-state index contributed by atoms with van der Waals surface area (Å²) in [5.74, 6) is 0.317. The molecule has 0 spiro atoms. The third-order valence-electron chi connectivity index (χ3n) is 5.69. The Morgan fingerprint density at radius 1 is 1.26 bits per heavy atom. The van der Waals surface area contributed by atoms with Crippen LogP contribution in [0.3, 0.4) is 0 Å². The zero-order valence-corrected chi connectivity index (χ0v) is 17.5. The lowest BCUT2D eigenvalue weighted by atomic mass is 10.1. The van der Waals surface area contributed by atoms with Crippen LogP contribution >= 0.6 is 11.6 Å². The number of amides is 1. The van der Waals surface area contributed by atoms with E-state index in [0.717, 1.165) is 36.9 Å². The highest BCUT2D eigenvalue weighted by molar-refractivity contribution is 7.91. The van der Waals surface area contributed by atoms with Crippen LogP contribution in [0.25, 0.3) is 0 Å². The molecule has 6 nitrogen and oxygen atoms in total. The first-order valence-electron chi connectivity index (χ1n) is 9.57. The van der Waals surface area contributed by atoms with Gasteiger partial charge in [0.15, 0.2) is 9.84 Å². The van der Waals surface area contributed by atoms with Gasteiger partial charge in [-0.1, -0.05) is 23.7 Å². The van der Waals surface area contributed by atoms with E-state index >= 15 is 0 Å². The quantitative estimate of drug-likeness (QED) is 0.737. The molecule has 0 radical (unpaired) electrons. The fraction of sp³-hybridized carbons (Fsp3) is 0.632. The average Bonchev–Trinajstić information content (AvgIpc) is 3.01. The summed E-state index contributed by atoms with van der Waals surface area (Å²) in [5.41, 5.74) is 1.03. The van der Waals surface area contributed by atoms with Crippen molar-refractivity contribution < 1.29 is 13.2 Å². The normalized spacial score (nSPS) is 24.0. The predicted octanol–water partition coefficient (Wildman–Crippen LogP) is 1.89. The first-order chi connectivity index (χ1) is 12.8. The van der Waals surface area contributed by atoms with E-state index in [0.29, 0.717) is 13.0 Å². The minimum Gasteiger partial charge on any atom is -0.368 e. The molecule has 0 unspecified atom stereocenters. The zero-order valence-electron chi connectivity index (χ0n) is 16.0. The van der Waals surface area contributed by atoms with Gasteiger partial charge in [-0.25, -0.2) is 8.42 Å². The molecule has 0 aliphatic carbocycles. The third-order valence-corrected chi connectivity index (χ3v) is 7.76. The van der Waals surface area contributed by atoms with Gasteiger partial charge in [0.25, 0.3) is 0 Å². The fourth-order valence-electron chi connectivity index (χ4n) is 4.07. The van der Waals surface area contributed by atoms with Crippen LogP contribution < -0.4 is 4.90 Å². The maximum atomic E-state index is 13.0. The van der Waals surface area contributed by atoms with Crippen molar-refractivity contribution in [3.63, 3.8) is 0 Å². The Kier molecular flexibility index (Phi) is 6.33. The van der Waals surface area contributed by atoms with Crippen LogP contribution in [0.5, 0.6) is 0 Å². The molecule has 0 N–H and O–H groups in total. The van der Waals surface area contributed by atoms with Crippen molar-refractivity contribution in [2.45, 2.75) is 32.4 Å². The molecule has 27 heavy (non-hydrogen) atoms. The molecule has 2 atom stereocenters. The molecule has 0 bridgehead atoms. The van der Waals surface area contributed by atoms with Crippen molar-refractivity contribution >= 4 is 33.0 Å². The predicted molar refractivity (Wildman–Crippen MR) is 109 cm³/mol. The number of benzene rings is 1. The minimum absolute atomic E-state index is 0.0331. The first kappa shape index (κ1) is 20.4. The van der Waals surface area contributed by atoms with Crippen LogP contribution in [0.1, 0.15) is 20.3 Å². The molecule has 2 heterocycles. The van der Waals surface area contributed by atoms with E-state index in [1.165, 1.54) is 0 Å². The molecule has 0 saturated carbocycles. The monoisotopic (exact) mass is 413 g/mol. The summed E-state index contributed by atoms with van der Waals surface area (Å²) in [6.45, 7) is 7.57. The van der Waals surface area contributed by atoms with E-state index in [1.54, 1.807) is 4.90 Å². The summed E-state index contributed by atoms with van der Waals surface area (Å²) in [6.07, 6.45) is 0.551. The Bertz CT molecular complexity index is 778. The van der Waals surface area contributed by atoms with Crippen LogP contribution in [0.2, 0.25) is 5.02 Å². The second-order valence-corrected chi connectivity index (χ2v) is 9.97. The highest BCUT2D eigenvalue weighted by atomic mass is 35.5. The van der Waals surface area contributed by atoms with Crippen LogP contribution in [0.15, 0.2) is 24.3 Å². The van der Waals surface area contributed by atoms with Crippen LogP contribution in [-0.4, -0.2) is 80.4 Å². The molecule has 1 amide bonds. The Morgan fingerprint density at radius 3 is 2.48 bits per heavy atom. The number of halogens is 1. The maximum absolute atomic E-state index is 13.0. The van der Waals surface area contributed by atoms with Gasteiger partial charge in [0.05, 0.1) is 28.3 Å². The number of sulfone groups is 1. The van der Waals surface area contributed by atoms with E-state index in [2.05, 4.69) is 9.80 Å². The Hall–Kier alpha value is -1.31. The van der Waals surface area contributed by atoms with Gasteiger partial charge in [0, 0.05) is 38.8 Å². The van der Waals surface area contributed by atoms with Crippen LogP contribution in [-0.2, 0) is 14.6 Å². The van der Waals surface area contributed by atoms with E-state index in [-0.39, 0.29) is 29.5 Å². The smallest absolute Gasteiger partial charge is 0.239 e. The Labute approximate surface area is 167 Å². The number of carbonyl (C=O) groups is 1. The van der Waals surface area contributed by atoms with Gasteiger partial charge >= 0.3 is 0 Å². The summed E-state index contributed by atoms with van der Waals surface area (Å²) in [4.78, 5) is 19.2. The molecular weight excluding hydrogens is 386 g/mol. The number of rotatable bonds is 5. The topological polar surface area (TPSA) is 60.9 Å². The van der Waals surface area contributed by atoms with Crippen LogP contribution in [0, 0.1) is 0 Å². The SMILES string of the molecule is CCN(C(=O)[C@@H](C)N1CCN(c2ccccc2Cl)CC1)[C@@H]1CCS(=O)(=O)C1. The standard InChI is InChI=1S/C19H28ClN3O3S/c1-3-23(16-8-13-27(25,26)14-16)19(24)15(2)21-9-11-22(12-10-21)18-7-5-4-6-17(18)20/h4-7,15-16H,3,8-14H2,1-2H3/t15-,16-/m1/s1. The van der Waals surface area contributed by atoms with Crippen molar-refractivity contribution in [3.05, 3.63) is 29.3 Å². The summed E-state index contributed by atoms with van der Waals surface area (Å²) in [6, 6.07) is 7.39. The molecule has 2 aliphatic rings. The van der Waals surface area contributed by atoms with E-state index < -0.39 is 9.84 Å². The molecule has 2 aliphatic heterocycles. The Morgan fingerprint density at radius 2 is 1.93 bits per heavy atom. The number of likely N-dealkylation sites (N-methyl/N-ethyl adjacent to an activating group) is 1. The van der Waals surface area contributed by atoms with Crippen molar-refractivity contribution in [2.75, 3.05) is 49.1 Å². The van der Waals surface area contributed by atoms with Gasteiger partial charge in [-0.3, -0.25) is 9.69 Å². The summed E-state index contributed by atoms with van der Waals surface area (Å²) < 4.78 is 23.6. The fourth-order valence-corrected chi connectivity index (χ4v) is 6.06. The second-order valence-electron chi connectivity index (χ2n) is 7.33. The molecule has 3 rings (SSSR count). The van der Waals surface area contributed by atoms with Crippen molar-refractivity contribution in [1.82, 2.24) is 9.80 Å². The number of hydrogen-bond donors (Lipinski definition) is 0. The molecule has 2 fully saturated rings. The molecule has 1 aromatic rings. The zero-order chi connectivity index (χ0) is 19.6. The molecule has 2 saturated heterocycles. The van der Waals surface area contributed by atoms with Gasteiger partial charge in [-0.15, -0.1) is 0 Å². The Balaban J connectivity index is 1.60. The average molecular weight is 414 g/mol. The third kappa shape index (κ3) is 4.58. The van der Waals surface area contributed by atoms with E-state index in [1.807, 2.05) is 38.1 Å². The largest absolute Gasteiger partial charge is 0.368 e. The summed E-state index contributed by atoms with van der Waals surface area (Å²) in [5, 5.41) is 0.745. The van der Waals surface area contributed by atoms with Crippen molar-refractivity contribution in [2.24, 2.45) is 0 Å². The minimum atomic E-state index is -3.00. The summed E-state index contributed by atoms with van der Waals surface area (Å²) in [7, 11) is -3.00. The highest BCUT2D eigenvalue weighted by Gasteiger charge is 2.37. The first-order valence-corrected chi connectivity index (χ1v) is 11.8. The van der Waals surface area contributed by atoms with Gasteiger partial charge in [0.2, 0.25) is 5.91 Å². The summed E-state index contributed by atoms with van der Waals surface area (Å²) >= 11 is 6.30. The molecule has 1 aromatic carbocycles. The van der Waals surface area contributed by atoms with Gasteiger partial charge in [0.1, 0.15) is 0 Å². The molecule has 8 heteroatoms. The van der Waals surface area contributed by atoms with E-state index in [4.69, 9.17) is 11.6 Å². The van der Waals surface area contributed by atoms with Gasteiger partial charge in [-0.05, 0) is 32.4 Å². The molecule has 150 valence electrons. The molecular formula is C19H28ClN3O3S. The lowest BCUT2D eigenvalue weighted by Gasteiger charge is -2.40. The van der Waals surface area contributed by atoms with Gasteiger partial charge < -0.3 is 9.80 Å². The van der Waals surface area contributed by atoms with Crippen molar-refractivity contribution in [1.29, 1.82) is 0 Å². The number of carbonyl (C=O) groups excluding carboxylic acids is 1. The second kappa shape index (κ2) is 8.37. The van der Waals surface area contributed by atoms with E-state index in [9.17, 15) is 13.2 Å². The van der Waals surface area contributed by atoms with Gasteiger partial charge in [-0.2, -0.15) is 0 Å².